The summed E-state index contributed by atoms with van der Waals surface area (Å²) in [6.45, 7) is 5.55. The van der Waals surface area contributed by atoms with E-state index in [0.29, 0.717) is 54.3 Å². The molecule has 1 amide bonds. The van der Waals surface area contributed by atoms with Gasteiger partial charge in [0.15, 0.2) is 0 Å². The second-order valence-electron chi connectivity index (χ2n) is 9.67. The Hall–Kier alpha value is -3.01. The average molecular weight is 486 g/mol. The maximum atomic E-state index is 14.3. The van der Waals surface area contributed by atoms with Gasteiger partial charge in [0.25, 0.3) is 5.91 Å². The molecule has 1 aliphatic carbocycles. The van der Waals surface area contributed by atoms with Gasteiger partial charge in [0.05, 0.1) is 23.9 Å². The van der Waals surface area contributed by atoms with E-state index in [4.69, 9.17) is 4.74 Å². The molecule has 0 aromatic carbocycles. The van der Waals surface area contributed by atoms with Crippen molar-refractivity contribution in [1.82, 2.24) is 20.3 Å². The Labute approximate surface area is 206 Å². The number of ether oxygens (including phenoxy) is 1. The predicted octanol–water partition coefficient (Wildman–Crippen LogP) is 3.92. The Balaban J connectivity index is 1.46. The highest BCUT2D eigenvalue weighted by molar-refractivity contribution is 5.99. The van der Waals surface area contributed by atoms with Gasteiger partial charge in [-0.25, -0.2) is 14.4 Å². The number of nitrogens with one attached hydrogen (secondary N) is 3. The van der Waals surface area contributed by atoms with Crippen molar-refractivity contribution in [1.29, 1.82) is 0 Å². The van der Waals surface area contributed by atoms with Crippen molar-refractivity contribution >= 4 is 29.2 Å². The Morgan fingerprint density at radius 2 is 2.03 bits per heavy atom. The van der Waals surface area contributed by atoms with Crippen molar-refractivity contribution in [3.63, 3.8) is 0 Å². The van der Waals surface area contributed by atoms with E-state index in [0.717, 1.165) is 0 Å². The third-order valence-electron chi connectivity index (χ3n) is 6.59. The van der Waals surface area contributed by atoms with E-state index in [2.05, 4.69) is 30.9 Å². The number of hydrogen-bond acceptors (Lipinski definition) is 8. The minimum atomic E-state index is -1.09. The first-order chi connectivity index (χ1) is 16.9. The van der Waals surface area contributed by atoms with Gasteiger partial charge in [0.2, 0.25) is 5.95 Å². The Morgan fingerprint density at radius 3 is 2.74 bits per heavy atom. The summed E-state index contributed by atoms with van der Waals surface area (Å²) in [5.41, 5.74) is 1.22. The maximum Gasteiger partial charge on any atom is 0.254 e. The number of piperidine rings is 1. The van der Waals surface area contributed by atoms with Gasteiger partial charge in [-0.15, -0.1) is 0 Å². The lowest BCUT2D eigenvalue weighted by atomic mass is 10.1. The van der Waals surface area contributed by atoms with E-state index >= 15 is 0 Å². The zero-order valence-electron chi connectivity index (χ0n) is 20.8. The molecule has 0 radical (unpaired) electrons. The van der Waals surface area contributed by atoms with Gasteiger partial charge < -0.3 is 25.6 Å². The molecular weight excluding hydrogens is 449 g/mol. The van der Waals surface area contributed by atoms with Gasteiger partial charge in [-0.1, -0.05) is 12.8 Å². The van der Waals surface area contributed by atoms with Gasteiger partial charge in [-0.3, -0.25) is 4.79 Å². The van der Waals surface area contributed by atoms with Gasteiger partial charge in [0, 0.05) is 44.7 Å². The molecule has 35 heavy (non-hydrogen) atoms. The van der Waals surface area contributed by atoms with Gasteiger partial charge in [-0.2, -0.15) is 4.98 Å². The molecule has 1 aliphatic heterocycles. The Morgan fingerprint density at radius 1 is 1.23 bits per heavy atom. The molecule has 9 nitrogen and oxygen atoms in total. The molecule has 4 rings (SSSR count). The van der Waals surface area contributed by atoms with Crippen LogP contribution in [0.2, 0.25) is 0 Å². The topological polar surface area (TPSA) is 104 Å². The molecule has 0 spiro atoms. The number of methoxy groups -OCH3 is 1. The predicted molar refractivity (Wildman–Crippen MR) is 135 cm³/mol. The number of carbonyl (C=O) groups excluding carboxylic acids is 1. The third-order valence-corrected chi connectivity index (χ3v) is 6.59. The number of aromatic nitrogens is 3. The largest absolute Gasteiger partial charge is 0.382 e. The quantitative estimate of drug-likeness (QED) is 0.491. The summed E-state index contributed by atoms with van der Waals surface area (Å²) < 4.78 is 19.5. The monoisotopic (exact) mass is 485 g/mol. The van der Waals surface area contributed by atoms with E-state index < -0.39 is 12.3 Å². The van der Waals surface area contributed by atoms with Crippen LogP contribution in [-0.4, -0.2) is 65.9 Å². The van der Waals surface area contributed by atoms with E-state index in [1.54, 1.807) is 18.5 Å². The smallest absolute Gasteiger partial charge is 0.254 e. The SMILES string of the molecule is CO[C@H]1CCN(c2nccc(Nc3cc(NC(C)C)c(C(=O)NCC4CCCC4)cn3)n2)C[C@H]1F. The fourth-order valence-corrected chi connectivity index (χ4v) is 4.71. The highest BCUT2D eigenvalue weighted by Gasteiger charge is 2.30. The lowest BCUT2D eigenvalue weighted by Gasteiger charge is -2.33. The van der Waals surface area contributed by atoms with Crippen molar-refractivity contribution < 1.29 is 13.9 Å². The number of nitrogens with zero attached hydrogens (tertiary/aromatic N) is 4. The normalized spacial score (nSPS) is 20.8. The molecule has 2 fully saturated rings. The minimum absolute atomic E-state index is 0.122. The van der Waals surface area contributed by atoms with E-state index in [1.165, 1.54) is 32.8 Å². The number of rotatable bonds is 9. The molecule has 0 bridgehead atoms. The summed E-state index contributed by atoms with van der Waals surface area (Å²) in [6, 6.07) is 3.69. The number of amides is 1. The third kappa shape index (κ3) is 6.56. The standard InChI is InChI=1S/C25H36FN7O2/c1-16(2)30-20-12-23(28-14-18(20)24(34)29-13-17-6-4-5-7-17)31-22-8-10-27-25(32-22)33-11-9-21(35-3)19(26)15-33/h8,10,12,14,16-17,19,21H,4-7,9,11,13,15H2,1-3H3,(H,29,34)(H2,27,28,30,31,32)/t19-,21+/m1/s1. The molecule has 2 aliphatic rings. The van der Waals surface area contributed by atoms with Crippen LogP contribution < -0.4 is 20.9 Å². The maximum absolute atomic E-state index is 14.3. The first-order valence-electron chi connectivity index (χ1n) is 12.5. The second kappa shape index (κ2) is 11.6. The first-order valence-corrected chi connectivity index (χ1v) is 12.5. The summed E-state index contributed by atoms with van der Waals surface area (Å²) in [6.07, 6.45) is 7.16. The van der Waals surface area contributed by atoms with Crippen molar-refractivity contribution in [2.24, 2.45) is 5.92 Å². The lowest BCUT2D eigenvalue weighted by molar-refractivity contribution is 0.0194. The van der Waals surface area contributed by atoms with E-state index in [-0.39, 0.29) is 18.5 Å². The van der Waals surface area contributed by atoms with Crippen LogP contribution >= 0.6 is 0 Å². The summed E-state index contributed by atoms with van der Waals surface area (Å²) in [5, 5.41) is 9.62. The number of anilines is 4. The molecule has 3 heterocycles. The molecule has 190 valence electrons. The Bertz CT molecular complexity index is 1000. The number of hydrogen-bond donors (Lipinski definition) is 3. The van der Waals surface area contributed by atoms with Crippen molar-refractivity contribution in [3.05, 3.63) is 30.1 Å². The van der Waals surface area contributed by atoms with E-state index in [1.807, 2.05) is 24.8 Å². The fourth-order valence-electron chi connectivity index (χ4n) is 4.71. The molecule has 2 atom stereocenters. The number of pyridine rings is 1. The summed E-state index contributed by atoms with van der Waals surface area (Å²) >= 11 is 0. The highest BCUT2D eigenvalue weighted by atomic mass is 19.1. The van der Waals surface area contributed by atoms with Crippen LogP contribution in [0.25, 0.3) is 0 Å². The average Bonchev–Trinajstić information content (AvgIpc) is 3.36. The summed E-state index contributed by atoms with van der Waals surface area (Å²) in [7, 11) is 1.54. The molecule has 0 unspecified atom stereocenters. The second-order valence-corrected chi connectivity index (χ2v) is 9.67. The van der Waals surface area contributed by atoms with Crippen molar-refractivity contribution in [3.8, 4) is 0 Å². The van der Waals surface area contributed by atoms with Crippen LogP contribution in [-0.2, 0) is 4.74 Å². The zero-order chi connectivity index (χ0) is 24.8. The van der Waals surface area contributed by atoms with Gasteiger partial charge >= 0.3 is 0 Å². The first kappa shape index (κ1) is 25.1. The molecule has 1 saturated heterocycles. The highest BCUT2D eigenvalue weighted by Crippen LogP contribution is 2.26. The molecule has 2 aromatic heterocycles. The van der Waals surface area contributed by atoms with Gasteiger partial charge in [0.1, 0.15) is 17.8 Å². The number of alkyl halides is 1. The van der Waals surface area contributed by atoms with Crippen LogP contribution in [0.5, 0.6) is 0 Å². The van der Waals surface area contributed by atoms with Crippen LogP contribution in [0.1, 0.15) is 56.3 Å². The number of carbonyl (C=O) groups is 1. The van der Waals surface area contributed by atoms with Crippen LogP contribution in [0.3, 0.4) is 0 Å². The van der Waals surface area contributed by atoms with Crippen molar-refractivity contribution in [2.75, 3.05) is 42.3 Å². The zero-order valence-corrected chi connectivity index (χ0v) is 20.8. The number of halogens is 1. The minimum Gasteiger partial charge on any atom is -0.382 e. The van der Waals surface area contributed by atoms with E-state index in [9.17, 15) is 9.18 Å². The molecular formula is C25H36FN7O2. The molecule has 2 aromatic rings. The molecule has 10 heteroatoms. The fraction of sp³-hybridized carbons (Fsp3) is 0.600. The lowest BCUT2D eigenvalue weighted by Crippen LogP contribution is -2.46. The van der Waals surface area contributed by atoms with Crippen LogP contribution in [0.15, 0.2) is 24.5 Å². The molecule has 3 N–H and O–H groups in total. The Kier molecular flexibility index (Phi) is 8.33. The molecule has 1 saturated carbocycles. The van der Waals surface area contributed by atoms with Crippen LogP contribution in [0, 0.1) is 5.92 Å². The van der Waals surface area contributed by atoms with Gasteiger partial charge in [-0.05, 0) is 45.1 Å². The summed E-state index contributed by atoms with van der Waals surface area (Å²) in [5.74, 6) is 1.99. The van der Waals surface area contributed by atoms with Crippen molar-refractivity contribution in [2.45, 2.75) is 64.3 Å². The van der Waals surface area contributed by atoms with Crippen LogP contribution in [0.4, 0.5) is 27.7 Å². The summed E-state index contributed by atoms with van der Waals surface area (Å²) in [4.78, 5) is 28.0.